The summed E-state index contributed by atoms with van der Waals surface area (Å²) in [7, 11) is 0. The van der Waals surface area contributed by atoms with E-state index in [1.807, 2.05) is 6.92 Å². The van der Waals surface area contributed by atoms with E-state index >= 15 is 0 Å². The Bertz CT molecular complexity index is 104. The van der Waals surface area contributed by atoms with E-state index < -0.39 is 6.43 Å². The van der Waals surface area contributed by atoms with Crippen LogP contribution in [0.5, 0.6) is 0 Å². The van der Waals surface area contributed by atoms with Gasteiger partial charge in [0.1, 0.15) is 0 Å². The van der Waals surface area contributed by atoms with Crippen LogP contribution in [0.15, 0.2) is 12.7 Å². The molecule has 0 bridgehead atoms. The number of halogens is 2. The summed E-state index contributed by atoms with van der Waals surface area (Å²) in [6, 6.07) is 0.155. The highest BCUT2D eigenvalue weighted by Gasteiger charge is 2.04. The van der Waals surface area contributed by atoms with E-state index in [2.05, 4.69) is 11.9 Å². The maximum Gasteiger partial charge on any atom is 0.250 e. The molecule has 1 unspecified atom stereocenters. The largest absolute Gasteiger partial charge is 0.309 e. The molecule has 1 N–H and O–H groups in total. The van der Waals surface area contributed by atoms with Crippen LogP contribution in [0.2, 0.25) is 0 Å². The predicted molar refractivity (Wildman–Crippen MR) is 42.9 cm³/mol. The third kappa shape index (κ3) is 7.46. The van der Waals surface area contributed by atoms with E-state index in [-0.39, 0.29) is 12.6 Å². The van der Waals surface area contributed by atoms with Gasteiger partial charge in [-0.25, -0.2) is 8.78 Å². The summed E-state index contributed by atoms with van der Waals surface area (Å²) < 4.78 is 23.3. The Morgan fingerprint density at radius 2 is 2.18 bits per heavy atom. The first-order chi connectivity index (χ1) is 5.16. The minimum atomic E-state index is -2.25. The molecule has 0 amide bonds. The van der Waals surface area contributed by atoms with Crippen LogP contribution in [0.3, 0.4) is 0 Å². The molecule has 66 valence electrons. The molecule has 0 spiro atoms. The van der Waals surface area contributed by atoms with Crippen LogP contribution >= 0.6 is 0 Å². The van der Waals surface area contributed by atoms with E-state index in [1.54, 1.807) is 6.08 Å². The molecular weight excluding hydrogens is 148 g/mol. The van der Waals surface area contributed by atoms with Crippen molar-refractivity contribution < 1.29 is 8.78 Å². The fourth-order valence-electron chi connectivity index (χ4n) is 0.760. The summed E-state index contributed by atoms with van der Waals surface area (Å²) in [5, 5.41) is 2.72. The quantitative estimate of drug-likeness (QED) is 0.592. The minimum absolute atomic E-state index is 0.155. The van der Waals surface area contributed by atoms with Crippen LogP contribution in [-0.2, 0) is 0 Å². The zero-order valence-electron chi connectivity index (χ0n) is 6.82. The van der Waals surface area contributed by atoms with Gasteiger partial charge >= 0.3 is 0 Å². The van der Waals surface area contributed by atoms with Crippen molar-refractivity contribution in [2.24, 2.45) is 0 Å². The Morgan fingerprint density at radius 1 is 1.55 bits per heavy atom. The van der Waals surface area contributed by atoms with Crippen molar-refractivity contribution in [2.75, 3.05) is 6.54 Å². The number of nitrogens with one attached hydrogen (secondary N) is 1. The molecule has 1 atom stereocenters. The second-order valence-corrected chi connectivity index (χ2v) is 2.57. The Morgan fingerprint density at radius 3 is 2.64 bits per heavy atom. The van der Waals surface area contributed by atoms with Crippen molar-refractivity contribution in [3.63, 3.8) is 0 Å². The van der Waals surface area contributed by atoms with Gasteiger partial charge in [0.05, 0.1) is 6.54 Å². The Labute approximate surface area is 66.5 Å². The molecule has 0 aliphatic rings. The Balaban J connectivity index is 3.21. The summed E-state index contributed by atoms with van der Waals surface area (Å²) in [5.41, 5.74) is 0. The SMILES string of the molecule is C=CCCC(C)NCC(F)F. The highest BCUT2D eigenvalue weighted by Crippen LogP contribution is 1.97. The standard InChI is InChI=1S/C8H15F2N/c1-3-4-5-7(2)11-6-8(9)10/h3,7-8,11H,1,4-6H2,2H3. The van der Waals surface area contributed by atoms with E-state index in [4.69, 9.17) is 0 Å². The molecule has 0 radical (unpaired) electrons. The average molecular weight is 163 g/mol. The monoisotopic (exact) mass is 163 g/mol. The summed E-state index contributed by atoms with van der Waals surface area (Å²) in [5.74, 6) is 0. The van der Waals surface area contributed by atoms with Crippen molar-refractivity contribution in [3.05, 3.63) is 12.7 Å². The van der Waals surface area contributed by atoms with Crippen molar-refractivity contribution in [1.29, 1.82) is 0 Å². The normalized spacial score (nSPS) is 13.5. The second kappa shape index (κ2) is 6.28. The lowest BCUT2D eigenvalue weighted by molar-refractivity contribution is 0.141. The summed E-state index contributed by atoms with van der Waals surface area (Å²) in [4.78, 5) is 0. The Hall–Kier alpha value is -0.440. The van der Waals surface area contributed by atoms with E-state index in [0.717, 1.165) is 12.8 Å². The summed E-state index contributed by atoms with van der Waals surface area (Å²) >= 11 is 0. The zero-order valence-corrected chi connectivity index (χ0v) is 6.82. The third-order valence-electron chi connectivity index (χ3n) is 1.42. The maximum atomic E-state index is 11.6. The summed E-state index contributed by atoms with van der Waals surface area (Å²) in [6.07, 6.45) is 1.29. The molecule has 0 aliphatic heterocycles. The Kier molecular flexibility index (Phi) is 6.03. The van der Waals surface area contributed by atoms with Gasteiger partial charge in [-0.15, -0.1) is 6.58 Å². The molecule has 0 heterocycles. The van der Waals surface area contributed by atoms with Crippen molar-refractivity contribution in [1.82, 2.24) is 5.32 Å². The van der Waals surface area contributed by atoms with Gasteiger partial charge in [-0.2, -0.15) is 0 Å². The third-order valence-corrected chi connectivity index (χ3v) is 1.42. The van der Waals surface area contributed by atoms with Gasteiger partial charge in [0, 0.05) is 6.04 Å². The van der Waals surface area contributed by atoms with Gasteiger partial charge in [-0.05, 0) is 19.8 Å². The summed E-state index contributed by atoms with van der Waals surface area (Å²) in [6.45, 7) is 5.24. The van der Waals surface area contributed by atoms with Crippen LogP contribution in [0.1, 0.15) is 19.8 Å². The molecule has 0 aromatic heterocycles. The van der Waals surface area contributed by atoms with Crippen molar-refractivity contribution in [2.45, 2.75) is 32.2 Å². The molecule has 0 aliphatic carbocycles. The van der Waals surface area contributed by atoms with Gasteiger partial charge in [-0.3, -0.25) is 0 Å². The van der Waals surface area contributed by atoms with E-state index in [9.17, 15) is 8.78 Å². The van der Waals surface area contributed by atoms with Crippen LogP contribution in [-0.4, -0.2) is 19.0 Å². The van der Waals surface area contributed by atoms with Gasteiger partial charge in [-0.1, -0.05) is 6.08 Å². The van der Waals surface area contributed by atoms with Gasteiger partial charge in [0.2, 0.25) is 0 Å². The zero-order chi connectivity index (χ0) is 8.69. The van der Waals surface area contributed by atoms with Crippen LogP contribution in [0, 0.1) is 0 Å². The molecular formula is C8H15F2N. The number of hydrogen-bond acceptors (Lipinski definition) is 1. The lowest BCUT2D eigenvalue weighted by Crippen LogP contribution is -2.30. The smallest absolute Gasteiger partial charge is 0.250 e. The van der Waals surface area contributed by atoms with Gasteiger partial charge in [0.15, 0.2) is 0 Å². The first-order valence-electron chi connectivity index (χ1n) is 3.79. The molecule has 0 aromatic rings. The first-order valence-corrected chi connectivity index (χ1v) is 3.79. The second-order valence-electron chi connectivity index (χ2n) is 2.57. The molecule has 1 nitrogen and oxygen atoms in total. The number of rotatable bonds is 6. The molecule has 11 heavy (non-hydrogen) atoms. The topological polar surface area (TPSA) is 12.0 Å². The van der Waals surface area contributed by atoms with Crippen molar-refractivity contribution in [3.8, 4) is 0 Å². The van der Waals surface area contributed by atoms with Gasteiger partial charge < -0.3 is 5.32 Å². The number of allylic oxidation sites excluding steroid dienone is 1. The predicted octanol–water partition coefficient (Wildman–Crippen LogP) is 2.20. The number of alkyl halides is 2. The average Bonchev–Trinajstić information content (AvgIpc) is 1.97. The highest BCUT2D eigenvalue weighted by molar-refractivity contribution is 4.70. The molecule has 0 aromatic carbocycles. The first kappa shape index (κ1) is 10.6. The number of hydrogen-bond donors (Lipinski definition) is 1. The lowest BCUT2D eigenvalue weighted by Gasteiger charge is -2.11. The molecule has 0 rings (SSSR count). The van der Waals surface area contributed by atoms with E-state index in [1.165, 1.54) is 0 Å². The van der Waals surface area contributed by atoms with Crippen LogP contribution < -0.4 is 5.32 Å². The van der Waals surface area contributed by atoms with Crippen molar-refractivity contribution >= 4 is 0 Å². The maximum absolute atomic E-state index is 11.6. The molecule has 0 saturated carbocycles. The minimum Gasteiger partial charge on any atom is -0.309 e. The fourth-order valence-corrected chi connectivity index (χ4v) is 0.760. The fraction of sp³-hybridized carbons (Fsp3) is 0.750. The molecule has 3 heteroatoms. The molecule has 0 saturated heterocycles. The van der Waals surface area contributed by atoms with Crippen LogP contribution in [0.25, 0.3) is 0 Å². The van der Waals surface area contributed by atoms with Gasteiger partial charge in [0.25, 0.3) is 6.43 Å². The lowest BCUT2D eigenvalue weighted by atomic mass is 10.2. The highest BCUT2D eigenvalue weighted by atomic mass is 19.3. The van der Waals surface area contributed by atoms with E-state index in [0.29, 0.717) is 0 Å². The molecule has 0 fully saturated rings. The van der Waals surface area contributed by atoms with Crippen LogP contribution in [0.4, 0.5) is 8.78 Å².